The van der Waals surface area contributed by atoms with Gasteiger partial charge in [0.2, 0.25) is 0 Å². The Balaban J connectivity index is 1.74. The lowest BCUT2D eigenvalue weighted by Gasteiger charge is -2.37. The van der Waals surface area contributed by atoms with Crippen molar-refractivity contribution in [1.82, 2.24) is 4.90 Å². The van der Waals surface area contributed by atoms with Crippen molar-refractivity contribution in [3.63, 3.8) is 0 Å². The van der Waals surface area contributed by atoms with E-state index in [2.05, 4.69) is 4.90 Å². The highest BCUT2D eigenvalue weighted by Gasteiger charge is 2.28. The van der Waals surface area contributed by atoms with Crippen LogP contribution in [0.5, 0.6) is 0 Å². The van der Waals surface area contributed by atoms with Crippen LogP contribution in [0.1, 0.15) is 38.5 Å². The third-order valence-electron chi connectivity index (χ3n) is 3.99. The third-order valence-corrected chi connectivity index (χ3v) is 3.99. The van der Waals surface area contributed by atoms with Crippen LogP contribution in [0.15, 0.2) is 0 Å². The Morgan fingerprint density at radius 1 is 1.07 bits per heavy atom. The maximum absolute atomic E-state index is 9.37. The van der Waals surface area contributed by atoms with Gasteiger partial charge in [-0.15, -0.1) is 0 Å². The molecule has 0 bridgehead atoms. The van der Waals surface area contributed by atoms with Crippen molar-refractivity contribution in [2.24, 2.45) is 11.8 Å². The second-order valence-electron chi connectivity index (χ2n) is 4.99. The van der Waals surface area contributed by atoms with Gasteiger partial charge >= 0.3 is 0 Å². The standard InChI is InChI=1S/C12H23NO/c14-10-12(11-5-4-6-11)9-13-7-2-1-3-8-13/h11-12,14H,1-10H2. The normalized spacial score (nSPS) is 27.2. The first-order valence-corrected chi connectivity index (χ1v) is 6.23. The van der Waals surface area contributed by atoms with Crippen LogP contribution >= 0.6 is 0 Å². The molecule has 0 aromatic carbocycles. The Labute approximate surface area is 87.3 Å². The molecule has 1 heterocycles. The number of hydrogen-bond donors (Lipinski definition) is 1. The maximum atomic E-state index is 9.37. The predicted octanol–water partition coefficient (Wildman–Crippen LogP) is 1.88. The molecule has 1 unspecified atom stereocenters. The molecule has 2 rings (SSSR count). The number of nitrogens with zero attached hydrogens (tertiary/aromatic N) is 1. The summed E-state index contributed by atoms with van der Waals surface area (Å²) < 4.78 is 0. The van der Waals surface area contributed by atoms with Crippen LogP contribution in [0.25, 0.3) is 0 Å². The molecule has 0 amide bonds. The Morgan fingerprint density at radius 3 is 2.29 bits per heavy atom. The summed E-state index contributed by atoms with van der Waals surface area (Å²) in [6.07, 6.45) is 8.24. The van der Waals surface area contributed by atoms with E-state index in [1.54, 1.807) is 0 Å². The highest BCUT2D eigenvalue weighted by molar-refractivity contribution is 4.80. The summed E-state index contributed by atoms with van der Waals surface area (Å²) >= 11 is 0. The first-order chi connectivity index (χ1) is 6.90. The molecule has 0 spiro atoms. The molecule has 2 aliphatic rings. The van der Waals surface area contributed by atoms with E-state index in [0.29, 0.717) is 12.5 Å². The van der Waals surface area contributed by atoms with Crippen molar-refractivity contribution in [3.05, 3.63) is 0 Å². The maximum Gasteiger partial charge on any atom is 0.0474 e. The van der Waals surface area contributed by atoms with E-state index in [1.807, 2.05) is 0 Å². The summed E-state index contributed by atoms with van der Waals surface area (Å²) in [5.41, 5.74) is 0. The number of aliphatic hydroxyl groups excluding tert-OH is 1. The molecule has 14 heavy (non-hydrogen) atoms. The van der Waals surface area contributed by atoms with E-state index in [-0.39, 0.29) is 0 Å². The minimum absolute atomic E-state index is 0.404. The molecule has 2 heteroatoms. The fraction of sp³-hybridized carbons (Fsp3) is 1.00. The van der Waals surface area contributed by atoms with Gasteiger partial charge in [-0.05, 0) is 37.8 Å². The minimum Gasteiger partial charge on any atom is -0.396 e. The number of likely N-dealkylation sites (tertiary alicyclic amines) is 1. The van der Waals surface area contributed by atoms with Crippen LogP contribution in [0.2, 0.25) is 0 Å². The van der Waals surface area contributed by atoms with E-state index in [1.165, 1.54) is 51.6 Å². The zero-order chi connectivity index (χ0) is 9.80. The van der Waals surface area contributed by atoms with Gasteiger partial charge < -0.3 is 10.0 Å². The van der Waals surface area contributed by atoms with Crippen molar-refractivity contribution in [2.45, 2.75) is 38.5 Å². The summed E-state index contributed by atoms with van der Waals surface area (Å²) in [5, 5.41) is 9.37. The molecular weight excluding hydrogens is 174 g/mol. The van der Waals surface area contributed by atoms with E-state index < -0.39 is 0 Å². The van der Waals surface area contributed by atoms with Gasteiger partial charge in [0.05, 0.1) is 0 Å². The van der Waals surface area contributed by atoms with Gasteiger partial charge in [0.1, 0.15) is 0 Å². The van der Waals surface area contributed by atoms with Gasteiger partial charge in [-0.3, -0.25) is 0 Å². The molecule has 2 fully saturated rings. The molecule has 2 nitrogen and oxygen atoms in total. The van der Waals surface area contributed by atoms with E-state index in [4.69, 9.17) is 0 Å². The topological polar surface area (TPSA) is 23.5 Å². The van der Waals surface area contributed by atoms with Crippen molar-refractivity contribution in [2.75, 3.05) is 26.2 Å². The lowest BCUT2D eigenvalue weighted by molar-refractivity contribution is 0.0771. The number of aliphatic hydroxyl groups is 1. The quantitative estimate of drug-likeness (QED) is 0.744. The van der Waals surface area contributed by atoms with Crippen LogP contribution in [0, 0.1) is 11.8 Å². The SMILES string of the molecule is OCC(CN1CCCCC1)C1CCC1. The van der Waals surface area contributed by atoms with E-state index in [0.717, 1.165) is 12.5 Å². The minimum atomic E-state index is 0.404. The van der Waals surface area contributed by atoms with E-state index >= 15 is 0 Å². The summed E-state index contributed by atoms with van der Waals surface area (Å²) in [5.74, 6) is 1.41. The average molecular weight is 197 g/mol. The van der Waals surface area contributed by atoms with Crippen LogP contribution in [0.4, 0.5) is 0 Å². The number of piperidine rings is 1. The predicted molar refractivity (Wildman–Crippen MR) is 58.2 cm³/mol. The van der Waals surface area contributed by atoms with Crippen LogP contribution < -0.4 is 0 Å². The Hall–Kier alpha value is -0.0800. The first-order valence-electron chi connectivity index (χ1n) is 6.23. The zero-order valence-electron chi connectivity index (χ0n) is 9.12. The summed E-state index contributed by atoms with van der Waals surface area (Å²) in [6.45, 7) is 4.09. The lowest BCUT2D eigenvalue weighted by atomic mass is 9.76. The fourth-order valence-corrected chi connectivity index (χ4v) is 2.74. The second-order valence-corrected chi connectivity index (χ2v) is 4.99. The van der Waals surface area contributed by atoms with Gasteiger partial charge in [-0.2, -0.15) is 0 Å². The van der Waals surface area contributed by atoms with Gasteiger partial charge in [0.15, 0.2) is 0 Å². The zero-order valence-corrected chi connectivity index (χ0v) is 9.12. The van der Waals surface area contributed by atoms with Crippen molar-refractivity contribution in [3.8, 4) is 0 Å². The monoisotopic (exact) mass is 197 g/mol. The van der Waals surface area contributed by atoms with E-state index in [9.17, 15) is 5.11 Å². The molecule has 1 saturated heterocycles. The third kappa shape index (κ3) is 2.48. The van der Waals surface area contributed by atoms with Gasteiger partial charge in [0.25, 0.3) is 0 Å². The van der Waals surface area contributed by atoms with Crippen molar-refractivity contribution in [1.29, 1.82) is 0 Å². The Morgan fingerprint density at radius 2 is 1.79 bits per heavy atom. The van der Waals surface area contributed by atoms with Crippen LogP contribution in [-0.4, -0.2) is 36.2 Å². The lowest BCUT2D eigenvalue weighted by Crippen LogP contribution is -2.39. The van der Waals surface area contributed by atoms with Gasteiger partial charge in [-0.25, -0.2) is 0 Å². The number of hydrogen-bond acceptors (Lipinski definition) is 2. The van der Waals surface area contributed by atoms with Gasteiger partial charge in [-0.1, -0.05) is 25.7 Å². The first kappa shape index (κ1) is 10.4. The summed E-state index contributed by atoms with van der Waals surface area (Å²) in [7, 11) is 0. The van der Waals surface area contributed by atoms with Crippen molar-refractivity contribution >= 4 is 0 Å². The summed E-state index contributed by atoms with van der Waals surface area (Å²) in [4.78, 5) is 2.56. The largest absolute Gasteiger partial charge is 0.396 e. The smallest absolute Gasteiger partial charge is 0.0474 e. The average Bonchev–Trinajstić information content (AvgIpc) is 2.15. The fourth-order valence-electron chi connectivity index (χ4n) is 2.74. The Bertz CT molecular complexity index is 162. The molecular formula is C12H23NO. The van der Waals surface area contributed by atoms with Gasteiger partial charge in [0, 0.05) is 13.2 Å². The molecule has 1 aliphatic carbocycles. The highest BCUT2D eigenvalue weighted by Crippen LogP contribution is 2.33. The Kier molecular flexibility index (Phi) is 3.82. The molecule has 82 valence electrons. The number of rotatable bonds is 4. The molecule has 1 atom stereocenters. The molecule has 0 aromatic rings. The highest BCUT2D eigenvalue weighted by atomic mass is 16.3. The molecule has 1 N–H and O–H groups in total. The van der Waals surface area contributed by atoms with Crippen LogP contribution in [0.3, 0.4) is 0 Å². The second kappa shape index (κ2) is 5.13. The molecule has 1 saturated carbocycles. The molecule has 1 aliphatic heterocycles. The molecule has 0 aromatic heterocycles. The summed E-state index contributed by atoms with van der Waals surface area (Å²) in [6, 6.07) is 0. The molecule has 0 radical (unpaired) electrons. The van der Waals surface area contributed by atoms with Crippen LogP contribution in [-0.2, 0) is 0 Å². The van der Waals surface area contributed by atoms with Crippen molar-refractivity contribution < 1.29 is 5.11 Å².